The van der Waals surface area contributed by atoms with Gasteiger partial charge in [0.15, 0.2) is 0 Å². The molecule has 0 radical (unpaired) electrons. The van der Waals surface area contributed by atoms with Crippen molar-refractivity contribution in [2.45, 2.75) is 23.8 Å². The van der Waals surface area contributed by atoms with Crippen LogP contribution in [0.1, 0.15) is 18.9 Å². The minimum absolute atomic E-state index is 0.105. The molecule has 0 saturated carbocycles. The van der Waals surface area contributed by atoms with Crippen molar-refractivity contribution in [2.75, 3.05) is 19.6 Å². The van der Waals surface area contributed by atoms with Crippen molar-refractivity contribution in [3.8, 4) is 11.8 Å². The second-order valence-electron chi connectivity index (χ2n) is 5.09. The van der Waals surface area contributed by atoms with E-state index in [9.17, 15) is 13.5 Å². The van der Waals surface area contributed by atoms with E-state index >= 15 is 0 Å². The van der Waals surface area contributed by atoms with Gasteiger partial charge in [-0.15, -0.1) is 0 Å². The molecule has 1 aromatic rings. The van der Waals surface area contributed by atoms with Crippen LogP contribution in [0, 0.1) is 11.8 Å². The topological polar surface area (TPSA) is 83.6 Å². The van der Waals surface area contributed by atoms with Crippen LogP contribution in [-0.4, -0.2) is 43.1 Å². The largest absolute Gasteiger partial charge is 0.389 e. The van der Waals surface area contributed by atoms with E-state index < -0.39 is 15.6 Å². The molecule has 6 heteroatoms. The van der Waals surface area contributed by atoms with E-state index in [0.717, 1.165) is 0 Å². The van der Waals surface area contributed by atoms with Gasteiger partial charge in [0.05, 0.1) is 17.0 Å². The Hall–Kier alpha value is -1.39. The smallest absolute Gasteiger partial charge is 0.244 e. The SMILES string of the molecule is CC1(O)CCN(S(=O)(=O)c2ccccc2C#CCN)C1. The molecule has 2 rings (SSSR count). The predicted octanol–water partition coefficient (Wildman–Crippen LogP) is 0.142. The summed E-state index contributed by atoms with van der Waals surface area (Å²) in [4.78, 5) is 0.165. The molecule has 1 aliphatic rings. The zero-order valence-electron chi connectivity index (χ0n) is 11.3. The molecule has 0 spiro atoms. The van der Waals surface area contributed by atoms with Gasteiger partial charge in [0.2, 0.25) is 10.0 Å². The molecule has 5 nitrogen and oxygen atoms in total. The lowest BCUT2D eigenvalue weighted by atomic mass is 10.1. The third-order valence-corrected chi connectivity index (χ3v) is 5.15. The molecule has 0 bridgehead atoms. The van der Waals surface area contributed by atoms with Crippen LogP contribution in [0.25, 0.3) is 0 Å². The molecule has 3 N–H and O–H groups in total. The second kappa shape index (κ2) is 5.54. The van der Waals surface area contributed by atoms with Crippen LogP contribution in [0.3, 0.4) is 0 Å². The van der Waals surface area contributed by atoms with Gasteiger partial charge in [0, 0.05) is 18.7 Å². The summed E-state index contributed by atoms with van der Waals surface area (Å²) in [6, 6.07) is 6.58. The van der Waals surface area contributed by atoms with E-state index in [2.05, 4.69) is 11.8 Å². The number of hydrogen-bond donors (Lipinski definition) is 2. The fraction of sp³-hybridized carbons (Fsp3) is 0.429. The number of β-amino-alcohol motifs (C(OH)–C–C–N with tert-alkyl or cyclic N) is 1. The summed E-state index contributed by atoms with van der Waals surface area (Å²) in [6.07, 6.45) is 0.433. The van der Waals surface area contributed by atoms with Crippen molar-refractivity contribution in [1.29, 1.82) is 0 Å². The molecule has 1 unspecified atom stereocenters. The monoisotopic (exact) mass is 294 g/mol. The van der Waals surface area contributed by atoms with E-state index in [0.29, 0.717) is 18.5 Å². The third kappa shape index (κ3) is 3.02. The first-order valence-electron chi connectivity index (χ1n) is 6.37. The molecule has 108 valence electrons. The van der Waals surface area contributed by atoms with E-state index in [1.165, 1.54) is 10.4 Å². The van der Waals surface area contributed by atoms with Crippen molar-refractivity contribution in [1.82, 2.24) is 4.31 Å². The Morgan fingerprint density at radius 1 is 1.45 bits per heavy atom. The Morgan fingerprint density at radius 3 is 2.75 bits per heavy atom. The number of hydrogen-bond acceptors (Lipinski definition) is 4. The van der Waals surface area contributed by atoms with Gasteiger partial charge in [-0.25, -0.2) is 8.42 Å². The first-order chi connectivity index (χ1) is 9.37. The fourth-order valence-electron chi connectivity index (χ4n) is 2.19. The summed E-state index contributed by atoms with van der Waals surface area (Å²) in [5.74, 6) is 5.45. The standard InChI is InChI=1S/C14H18N2O3S/c1-14(17)8-10-16(11-14)20(18,19)13-7-3-2-5-12(13)6-4-9-15/h2-3,5,7,17H,8-11,15H2,1H3. The molecule has 0 amide bonds. The molecule has 1 aromatic carbocycles. The van der Waals surface area contributed by atoms with Gasteiger partial charge >= 0.3 is 0 Å². The first-order valence-corrected chi connectivity index (χ1v) is 7.81. The maximum absolute atomic E-state index is 12.6. The van der Waals surface area contributed by atoms with Crippen LogP contribution in [0.2, 0.25) is 0 Å². The van der Waals surface area contributed by atoms with Crippen molar-refractivity contribution < 1.29 is 13.5 Å². The Kier molecular flexibility index (Phi) is 4.16. The highest BCUT2D eigenvalue weighted by Gasteiger charge is 2.39. The molecule has 1 heterocycles. The van der Waals surface area contributed by atoms with Gasteiger partial charge in [0.1, 0.15) is 0 Å². The number of nitrogens with two attached hydrogens (primary N) is 1. The van der Waals surface area contributed by atoms with E-state index in [1.807, 2.05) is 0 Å². The van der Waals surface area contributed by atoms with Crippen LogP contribution in [0.4, 0.5) is 0 Å². The average molecular weight is 294 g/mol. The molecule has 20 heavy (non-hydrogen) atoms. The van der Waals surface area contributed by atoms with Gasteiger partial charge in [-0.2, -0.15) is 4.31 Å². The van der Waals surface area contributed by atoms with E-state index in [4.69, 9.17) is 5.73 Å². The zero-order valence-corrected chi connectivity index (χ0v) is 12.2. The van der Waals surface area contributed by atoms with Crippen LogP contribution in [-0.2, 0) is 10.0 Å². The summed E-state index contributed by atoms with van der Waals surface area (Å²) in [5, 5.41) is 9.94. The molecule has 1 fully saturated rings. The Morgan fingerprint density at radius 2 is 2.15 bits per heavy atom. The summed E-state index contributed by atoms with van der Waals surface area (Å²) < 4.78 is 26.5. The van der Waals surface area contributed by atoms with Crippen molar-refractivity contribution in [3.05, 3.63) is 29.8 Å². The van der Waals surface area contributed by atoms with Crippen LogP contribution in [0.15, 0.2) is 29.2 Å². The van der Waals surface area contributed by atoms with Crippen molar-refractivity contribution in [2.24, 2.45) is 5.73 Å². The molecule has 0 aromatic heterocycles. The zero-order chi connectivity index (χ0) is 14.8. The minimum atomic E-state index is -3.64. The number of nitrogens with zero attached hydrogens (tertiary/aromatic N) is 1. The highest BCUT2D eigenvalue weighted by Crippen LogP contribution is 2.28. The first kappa shape index (κ1) is 15.0. The van der Waals surface area contributed by atoms with Crippen molar-refractivity contribution in [3.63, 3.8) is 0 Å². The maximum atomic E-state index is 12.6. The van der Waals surface area contributed by atoms with Crippen LogP contribution >= 0.6 is 0 Å². The molecule has 1 atom stereocenters. The van der Waals surface area contributed by atoms with Gasteiger partial charge in [0.25, 0.3) is 0 Å². The third-order valence-electron chi connectivity index (χ3n) is 3.25. The lowest BCUT2D eigenvalue weighted by Crippen LogP contribution is -2.34. The molecule has 1 saturated heterocycles. The lowest BCUT2D eigenvalue weighted by Gasteiger charge is -2.19. The summed E-state index contributed by atoms with van der Waals surface area (Å²) in [5.41, 5.74) is 4.79. The van der Waals surface area contributed by atoms with Gasteiger partial charge in [-0.05, 0) is 25.5 Å². The normalized spacial score (nSPS) is 23.4. The second-order valence-corrected chi connectivity index (χ2v) is 6.99. The summed E-state index contributed by atoms with van der Waals surface area (Å²) in [7, 11) is -3.64. The summed E-state index contributed by atoms with van der Waals surface area (Å²) >= 11 is 0. The van der Waals surface area contributed by atoms with Crippen molar-refractivity contribution >= 4 is 10.0 Å². The highest BCUT2D eigenvalue weighted by atomic mass is 32.2. The Bertz CT molecular complexity index is 656. The number of aliphatic hydroxyl groups is 1. The number of benzene rings is 1. The maximum Gasteiger partial charge on any atom is 0.244 e. The van der Waals surface area contributed by atoms with E-state index in [-0.39, 0.29) is 18.0 Å². The number of rotatable bonds is 2. The predicted molar refractivity (Wildman–Crippen MR) is 76.4 cm³/mol. The minimum Gasteiger partial charge on any atom is -0.389 e. The molecule has 1 aliphatic heterocycles. The fourth-order valence-corrected chi connectivity index (χ4v) is 3.89. The van der Waals surface area contributed by atoms with Crippen LogP contribution < -0.4 is 5.73 Å². The molecule has 0 aliphatic carbocycles. The Balaban J connectivity index is 2.40. The average Bonchev–Trinajstić information content (AvgIpc) is 2.78. The van der Waals surface area contributed by atoms with Crippen LogP contribution in [0.5, 0.6) is 0 Å². The number of sulfonamides is 1. The molecular formula is C14H18N2O3S. The lowest BCUT2D eigenvalue weighted by molar-refractivity contribution is 0.0762. The Labute approximate surface area is 119 Å². The van der Waals surface area contributed by atoms with E-state index in [1.54, 1.807) is 25.1 Å². The van der Waals surface area contributed by atoms with Gasteiger partial charge in [-0.1, -0.05) is 24.0 Å². The summed E-state index contributed by atoms with van der Waals surface area (Å²) in [6.45, 7) is 2.23. The van der Waals surface area contributed by atoms with Gasteiger partial charge in [-0.3, -0.25) is 0 Å². The van der Waals surface area contributed by atoms with Gasteiger partial charge < -0.3 is 10.8 Å². The highest BCUT2D eigenvalue weighted by molar-refractivity contribution is 7.89. The molecular weight excluding hydrogens is 276 g/mol. The quantitative estimate of drug-likeness (QED) is 0.760.